The van der Waals surface area contributed by atoms with Gasteiger partial charge < -0.3 is 9.16 Å². The Kier molecular flexibility index (Phi) is 7.65. The van der Waals surface area contributed by atoms with Gasteiger partial charge in [-0.15, -0.1) is 0 Å². The number of hydrogen-bond donors (Lipinski definition) is 0. The second kappa shape index (κ2) is 10.2. The lowest BCUT2D eigenvalue weighted by Crippen LogP contribution is -2.49. The third kappa shape index (κ3) is 6.15. The standard InChI is InChI=1S/C27H34O2Si/c1-23-15-17-26(18-16-23)30(3,4)29-22-27(21-28-2,19-24-11-7-5-8-12-24)20-25-13-9-6-10-14-25/h5-18H,19-22H2,1-4H3. The minimum atomic E-state index is -2.03. The number of hydrogen-bond acceptors (Lipinski definition) is 2. The molecule has 0 fully saturated rings. The summed E-state index contributed by atoms with van der Waals surface area (Å²) in [6, 6.07) is 30.2. The highest BCUT2D eigenvalue weighted by Gasteiger charge is 2.35. The highest BCUT2D eigenvalue weighted by atomic mass is 28.4. The first-order chi connectivity index (χ1) is 14.4. The van der Waals surface area contributed by atoms with Gasteiger partial charge in [-0.25, -0.2) is 0 Å². The zero-order valence-corrected chi connectivity index (χ0v) is 19.7. The zero-order chi connectivity index (χ0) is 21.5. The van der Waals surface area contributed by atoms with E-state index in [1.807, 2.05) is 0 Å². The minimum Gasteiger partial charge on any atom is -0.412 e. The van der Waals surface area contributed by atoms with Crippen LogP contribution in [0.25, 0.3) is 0 Å². The molecule has 3 aromatic rings. The zero-order valence-electron chi connectivity index (χ0n) is 18.7. The van der Waals surface area contributed by atoms with Crippen LogP contribution in [0.2, 0.25) is 13.1 Å². The van der Waals surface area contributed by atoms with Crippen molar-refractivity contribution in [2.75, 3.05) is 20.3 Å². The molecule has 0 saturated heterocycles. The van der Waals surface area contributed by atoms with Crippen molar-refractivity contribution in [3.63, 3.8) is 0 Å². The molecule has 0 spiro atoms. The molecule has 0 amide bonds. The van der Waals surface area contributed by atoms with Crippen LogP contribution < -0.4 is 5.19 Å². The third-order valence-electron chi connectivity index (χ3n) is 5.78. The van der Waals surface area contributed by atoms with Crippen molar-refractivity contribution in [2.45, 2.75) is 32.9 Å². The van der Waals surface area contributed by atoms with Gasteiger partial charge in [-0.3, -0.25) is 0 Å². The maximum Gasteiger partial charge on any atom is 0.218 e. The Morgan fingerprint density at radius 1 is 0.700 bits per heavy atom. The van der Waals surface area contributed by atoms with E-state index in [9.17, 15) is 0 Å². The molecule has 0 aliphatic carbocycles. The van der Waals surface area contributed by atoms with E-state index in [1.165, 1.54) is 21.9 Å². The van der Waals surface area contributed by atoms with Crippen molar-refractivity contribution in [2.24, 2.45) is 5.41 Å². The van der Waals surface area contributed by atoms with Gasteiger partial charge in [0.1, 0.15) is 0 Å². The monoisotopic (exact) mass is 418 g/mol. The van der Waals surface area contributed by atoms with Crippen molar-refractivity contribution in [3.05, 3.63) is 102 Å². The molecule has 0 saturated carbocycles. The van der Waals surface area contributed by atoms with Gasteiger partial charge >= 0.3 is 0 Å². The fraction of sp³-hybridized carbons (Fsp3) is 0.333. The van der Waals surface area contributed by atoms with Gasteiger partial charge in [-0.1, -0.05) is 90.5 Å². The number of ether oxygens (including phenoxy) is 1. The van der Waals surface area contributed by atoms with Gasteiger partial charge in [-0.2, -0.15) is 0 Å². The van der Waals surface area contributed by atoms with Crippen LogP contribution in [0.5, 0.6) is 0 Å². The molecule has 3 heteroatoms. The fourth-order valence-electron chi connectivity index (χ4n) is 4.04. The summed E-state index contributed by atoms with van der Waals surface area (Å²) in [6.07, 6.45) is 1.85. The summed E-state index contributed by atoms with van der Waals surface area (Å²) in [6.45, 7) is 8.05. The van der Waals surface area contributed by atoms with Gasteiger partial charge in [0.15, 0.2) is 0 Å². The lowest BCUT2D eigenvalue weighted by molar-refractivity contribution is 0.0362. The van der Waals surface area contributed by atoms with Crippen molar-refractivity contribution < 1.29 is 9.16 Å². The van der Waals surface area contributed by atoms with Crippen molar-refractivity contribution in [1.82, 2.24) is 0 Å². The molecule has 0 atom stereocenters. The summed E-state index contributed by atoms with van der Waals surface area (Å²) < 4.78 is 12.6. The predicted molar refractivity (Wildman–Crippen MR) is 129 cm³/mol. The summed E-state index contributed by atoms with van der Waals surface area (Å²) in [5, 5.41) is 1.33. The molecular weight excluding hydrogens is 384 g/mol. The molecule has 0 unspecified atom stereocenters. The Balaban J connectivity index is 1.87. The molecule has 30 heavy (non-hydrogen) atoms. The van der Waals surface area contributed by atoms with Gasteiger partial charge in [0.25, 0.3) is 0 Å². The predicted octanol–water partition coefficient (Wildman–Crippen LogP) is 5.54. The molecular formula is C27H34O2Si. The van der Waals surface area contributed by atoms with Gasteiger partial charge in [0.05, 0.1) is 6.61 Å². The van der Waals surface area contributed by atoms with Crippen LogP contribution >= 0.6 is 0 Å². The molecule has 2 nitrogen and oxygen atoms in total. The van der Waals surface area contributed by atoms with Crippen LogP contribution in [-0.2, 0) is 22.0 Å². The lowest BCUT2D eigenvalue weighted by Gasteiger charge is -2.37. The molecule has 0 radical (unpaired) electrons. The maximum absolute atomic E-state index is 6.78. The van der Waals surface area contributed by atoms with E-state index in [1.54, 1.807) is 7.11 Å². The van der Waals surface area contributed by atoms with Crippen LogP contribution in [0.4, 0.5) is 0 Å². The third-order valence-corrected chi connectivity index (χ3v) is 8.37. The Bertz CT molecular complexity index is 848. The second-order valence-corrected chi connectivity index (χ2v) is 12.8. The second-order valence-electron chi connectivity index (χ2n) is 8.92. The van der Waals surface area contributed by atoms with Crippen LogP contribution in [0.15, 0.2) is 84.9 Å². The molecule has 0 aliphatic heterocycles. The van der Waals surface area contributed by atoms with Crippen molar-refractivity contribution >= 4 is 13.5 Å². The van der Waals surface area contributed by atoms with Gasteiger partial charge in [-0.05, 0) is 49.2 Å². The van der Waals surface area contributed by atoms with E-state index in [4.69, 9.17) is 9.16 Å². The Morgan fingerprint density at radius 2 is 1.20 bits per heavy atom. The molecule has 3 aromatic carbocycles. The molecule has 0 N–H and O–H groups in total. The average molecular weight is 419 g/mol. The highest BCUT2D eigenvalue weighted by Crippen LogP contribution is 2.30. The summed E-state index contributed by atoms with van der Waals surface area (Å²) in [4.78, 5) is 0. The maximum atomic E-state index is 6.78. The van der Waals surface area contributed by atoms with Crippen LogP contribution in [-0.4, -0.2) is 28.6 Å². The van der Waals surface area contributed by atoms with Crippen LogP contribution in [0.3, 0.4) is 0 Å². The average Bonchev–Trinajstić information content (AvgIpc) is 2.74. The Labute approximate surface area is 183 Å². The first-order valence-electron chi connectivity index (χ1n) is 10.7. The smallest absolute Gasteiger partial charge is 0.218 e. The van der Waals surface area contributed by atoms with Gasteiger partial charge in [0, 0.05) is 19.1 Å². The lowest BCUT2D eigenvalue weighted by atomic mass is 9.78. The highest BCUT2D eigenvalue weighted by molar-refractivity contribution is 6.84. The van der Waals surface area contributed by atoms with Crippen LogP contribution in [0.1, 0.15) is 16.7 Å². The van der Waals surface area contributed by atoms with E-state index < -0.39 is 8.32 Å². The number of rotatable bonds is 10. The molecule has 0 bridgehead atoms. The molecule has 0 aromatic heterocycles. The summed E-state index contributed by atoms with van der Waals surface area (Å²) >= 11 is 0. The van der Waals surface area contributed by atoms with Crippen molar-refractivity contribution in [1.29, 1.82) is 0 Å². The topological polar surface area (TPSA) is 18.5 Å². The summed E-state index contributed by atoms with van der Waals surface area (Å²) in [5.74, 6) is 0. The van der Waals surface area contributed by atoms with Crippen LogP contribution in [0, 0.1) is 12.3 Å². The molecule has 0 heterocycles. The SMILES string of the molecule is COCC(CO[Si](C)(C)c1ccc(C)cc1)(Cc1ccccc1)Cc1ccccc1. The first-order valence-corrected chi connectivity index (χ1v) is 13.6. The Morgan fingerprint density at radius 3 is 1.67 bits per heavy atom. The number of methoxy groups -OCH3 is 1. The number of aryl methyl sites for hydroxylation is 1. The normalized spacial score (nSPS) is 12.1. The summed E-state index contributed by atoms with van der Waals surface area (Å²) in [5.41, 5.74) is 3.81. The summed E-state index contributed by atoms with van der Waals surface area (Å²) in [7, 11) is -0.232. The fourth-order valence-corrected chi connectivity index (χ4v) is 5.85. The Hall–Kier alpha value is -2.20. The van der Waals surface area contributed by atoms with Crippen molar-refractivity contribution in [3.8, 4) is 0 Å². The molecule has 158 valence electrons. The number of benzene rings is 3. The quantitative estimate of drug-likeness (QED) is 0.402. The van der Waals surface area contributed by atoms with Gasteiger partial charge in [0.2, 0.25) is 8.32 Å². The van der Waals surface area contributed by atoms with E-state index in [-0.39, 0.29) is 5.41 Å². The van der Waals surface area contributed by atoms with E-state index in [0.717, 1.165) is 12.8 Å². The molecule has 3 rings (SSSR count). The van der Waals surface area contributed by atoms with E-state index in [0.29, 0.717) is 13.2 Å². The minimum absolute atomic E-state index is 0.119. The van der Waals surface area contributed by atoms with E-state index in [2.05, 4.69) is 105 Å². The van der Waals surface area contributed by atoms with E-state index >= 15 is 0 Å². The molecule has 0 aliphatic rings. The first kappa shape index (κ1) is 22.5. The largest absolute Gasteiger partial charge is 0.412 e.